The molecule has 0 spiro atoms. The first-order valence-corrected chi connectivity index (χ1v) is 6.76. The Labute approximate surface area is 99.3 Å². The van der Waals surface area contributed by atoms with Crippen LogP contribution in [0.2, 0.25) is 0 Å². The summed E-state index contributed by atoms with van der Waals surface area (Å²) in [6, 6.07) is 1.37. The van der Waals surface area contributed by atoms with E-state index in [9.17, 15) is 0 Å². The van der Waals surface area contributed by atoms with Crippen molar-refractivity contribution in [3.8, 4) is 0 Å². The maximum Gasteiger partial charge on any atom is 0.0510 e. The summed E-state index contributed by atoms with van der Waals surface area (Å²) in [4.78, 5) is 2.67. The fourth-order valence-corrected chi connectivity index (χ4v) is 2.84. The third-order valence-corrected chi connectivity index (χ3v) is 3.77. The van der Waals surface area contributed by atoms with Crippen LogP contribution in [0.15, 0.2) is 0 Å². The third-order valence-electron chi connectivity index (χ3n) is 3.77. The number of rotatable bonds is 6. The van der Waals surface area contributed by atoms with Crippen LogP contribution in [0.25, 0.3) is 0 Å². The van der Waals surface area contributed by atoms with Gasteiger partial charge in [0.05, 0.1) is 6.61 Å². The molecule has 1 heterocycles. The molecular formula is C13H26N2O. The molecule has 2 atom stereocenters. The molecule has 0 aromatic heterocycles. The third kappa shape index (κ3) is 2.96. The molecule has 0 amide bonds. The van der Waals surface area contributed by atoms with E-state index in [1.54, 1.807) is 0 Å². The lowest BCUT2D eigenvalue weighted by atomic mass is 9.96. The maximum atomic E-state index is 6.00. The minimum absolute atomic E-state index is 0.553. The van der Waals surface area contributed by atoms with Crippen LogP contribution in [-0.2, 0) is 4.74 Å². The SMILES string of the molecule is CC(C)CN(C1CC1)C(CN)C1CCOC1. The monoisotopic (exact) mass is 226 g/mol. The van der Waals surface area contributed by atoms with Gasteiger partial charge in [-0.2, -0.15) is 0 Å². The normalized spacial score (nSPS) is 27.9. The van der Waals surface area contributed by atoms with E-state index in [4.69, 9.17) is 10.5 Å². The van der Waals surface area contributed by atoms with Gasteiger partial charge >= 0.3 is 0 Å². The Morgan fingerprint density at radius 2 is 2.06 bits per heavy atom. The molecule has 2 aliphatic rings. The summed E-state index contributed by atoms with van der Waals surface area (Å²) >= 11 is 0. The van der Waals surface area contributed by atoms with Crippen LogP contribution in [0.1, 0.15) is 33.1 Å². The van der Waals surface area contributed by atoms with Gasteiger partial charge < -0.3 is 10.5 Å². The average molecular weight is 226 g/mol. The van der Waals surface area contributed by atoms with Crippen LogP contribution in [0.3, 0.4) is 0 Å². The first-order chi connectivity index (χ1) is 7.72. The molecule has 0 aromatic rings. The van der Waals surface area contributed by atoms with Gasteiger partial charge in [-0.1, -0.05) is 13.8 Å². The zero-order chi connectivity index (χ0) is 11.5. The number of ether oxygens (including phenoxy) is 1. The van der Waals surface area contributed by atoms with Crippen molar-refractivity contribution in [1.29, 1.82) is 0 Å². The molecule has 0 bridgehead atoms. The van der Waals surface area contributed by atoms with Crippen molar-refractivity contribution >= 4 is 0 Å². The van der Waals surface area contributed by atoms with Crippen molar-refractivity contribution in [2.45, 2.75) is 45.2 Å². The Morgan fingerprint density at radius 3 is 2.50 bits per heavy atom. The van der Waals surface area contributed by atoms with Crippen LogP contribution in [0, 0.1) is 11.8 Å². The molecule has 1 aliphatic heterocycles. The van der Waals surface area contributed by atoms with Gasteiger partial charge in [0, 0.05) is 37.7 Å². The molecule has 3 nitrogen and oxygen atoms in total. The lowest BCUT2D eigenvalue weighted by Crippen LogP contribution is -2.48. The number of hydrogen-bond acceptors (Lipinski definition) is 3. The average Bonchev–Trinajstić information content (AvgIpc) is 2.95. The molecule has 0 aromatic carbocycles. The van der Waals surface area contributed by atoms with Gasteiger partial charge in [-0.25, -0.2) is 0 Å². The number of hydrogen-bond donors (Lipinski definition) is 1. The minimum atomic E-state index is 0.553. The van der Waals surface area contributed by atoms with Gasteiger partial charge in [-0.05, 0) is 25.2 Å². The highest BCUT2D eigenvalue weighted by Crippen LogP contribution is 2.33. The summed E-state index contributed by atoms with van der Waals surface area (Å²) in [5.74, 6) is 1.40. The summed E-state index contributed by atoms with van der Waals surface area (Å²) in [5.41, 5.74) is 6.00. The molecule has 0 radical (unpaired) electrons. The van der Waals surface area contributed by atoms with Crippen LogP contribution in [0.5, 0.6) is 0 Å². The summed E-state index contributed by atoms with van der Waals surface area (Å²) in [7, 11) is 0. The van der Waals surface area contributed by atoms with E-state index in [2.05, 4.69) is 18.7 Å². The van der Waals surface area contributed by atoms with Gasteiger partial charge in [0.1, 0.15) is 0 Å². The summed E-state index contributed by atoms with van der Waals surface area (Å²) in [5, 5.41) is 0. The molecule has 3 heteroatoms. The Bertz CT molecular complexity index is 210. The van der Waals surface area contributed by atoms with Crippen LogP contribution < -0.4 is 5.73 Å². The van der Waals surface area contributed by atoms with Crippen LogP contribution in [0.4, 0.5) is 0 Å². The van der Waals surface area contributed by atoms with Gasteiger partial charge in [-0.15, -0.1) is 0 Å². The fraction of sp³-hybridized carbons (Fsp3) is 1.00. The summed E-state index contributed by atoms with van der Waals surface area (Å²) < 4.78 is 5.51. The molecule has 1 saturated heterocycles. The first-order valence-electron chi connectivity index (χ1n) is 6.76. The van der Waals surface area contributed by atoms with Crippen molar-refractivity contribution in [1.82, 2.24) is 4.90 Å². The van der Waals surface area contributed by atoms with Gasteiger partial charge in [0.2, 0.25) is 0 Å². The van der Waals surface area contributed by atoms with Gasteiger partial charge in [0.15, 0.2) is 0 Å². The minimum Gasteiger partial charge on any atom is -0.381 e. The zero-order valence-electron chi connectivity index (χ0n) is 10.7. The van der Waals surface area contributed by atoms with Crippen molar-refractivity contribution in [2.24, 2.45) is 17.6 Å². The highest BCUT2D eigenvalue weighted by molar-refractivity contribution is 4.93. The van der Waals surface area contributed by atoms with Crippen molar-refractivity contribution in [2.75, 3.05) is 26.3 Å². The van der Waals surface area contributed by atoms with E-state index < -0.39 is 0 Å². The molecule has 1 saturated carbocycles. The van der Waals surface area contributed by atoms with E-state index >= 15 is 0 Å². The summed E-state index contributed by atoms with van der Waals surface area (Å²) in [6.07, 6.45) is 3.94. The van der Waals surface area contributed by atoms with E-state index in [1.807, 2.05) is 0 Å². The quantitative estimate of drug-likeness (QED) is 0.745. The van der Waals surface area contributed by atoms with E-state index in [0.29, 0.717) is 12.0 Å². The topological polar surface area (TPSA) is 38.5 Å². The molecule has 2 fully saturated rings. The fourth-order valence-electron chi connectivity index (χ4n) is 2.84. The second kappa shape index (κ2) is 5.48. The number of nitrogens with zero attached hydrogens (tertiary/aromatic N) is 1. The number of nitrogens with two attached hydrogens (primary N) is 1. The lowest BCUT2D eigenvalue weighted by Gasteiger charge is -2.35. The van der Waals surface area contributed by atoms with Crippen molar-refractivity contribution < 1.29 is 4.74 Å². The molecule has 16 heavy (non-hydrogen) atoms. The summed E-state index contributed by atoms with van der Waals surface area (Å²) in [6.45, 7) is 8.44. The Morgan fingerprint density at radius 1 is 1.31 bits per heavy atom. The van der Waals surface area contributed by atoms with Crippen LogP contribution in [-0.4, -0.2) is 43.3 Å². The van der Waals surface area contributed by atoms with Crippen molar-refractivity contribution in [3.05, 3.63) is 0 Å². The molecule has 94 valence electrons. The first kappa shape index (κ1) is 12.3. The van der Waals surface area contributed by atoms with E-state index in [-0.39, 0.29) is 0 Å². The second-order valence-electron chi connectivity index (χ2n) is 5.75. The van der Waals surface area contributed by atoms with Crippen LogP contribution >= 0.6 is 0 Å². The van der Waals surface area contributed by atoms with E-state index in [0.717, 1.165) is 31.7 Å². The Balaban J connectivity index is 1.97. The molecule has 2 N–H and O–H groups in total. The smallest absolute Gasteiger partial charge is 0.0510 e. The standard InChI is InChI=1S/C13H26N2O/c1-10(2)8-15(12-3-4-12)13(7-14)11-5-6-16-9-11/h10-13H,3-9,14H2,1-2H3. The molecule has 2 rings (SSSR count). The largest absolute Gasteiger partial charge is 0.381 e. The molecular weight excluding hydrogens is 200 g/mol. The maximum absolute atomic E-state index is 6.00. The highest BCUT2D eigenvalue weighted by Gasteiger charge is 2.38. The lowest BCUT2D eigenvalue weighted by molar-refractivity contribution is 0.105. The Kier molecular flexibility index (Phi) is 4.22. The van der Waals surface area contributed by atoms with Gasteiger partial charge in [0.25, 0.3) is 0 Å². The van der Waals surface area contributed by atoms with E-state index in [1.165, 1.54) is 25.8 Å². The Hall–Kier alpha value is -0.120. The molecule has 2 unspecified atom stereocenters. The predicted molar refractivity (Wildman–Crippen MR) is 66.3 cm³/mol. The second-order valence-corrected chi connectivity index (χ2v) is 5.75. The highest BCUT2D eigenvalue weighted by atomic mass is 16.5. The van der Waals surface area contributed by atoms with Crippen molar-refractivity contribution in [3.63, 3.8) is 0 Å². The molecule has 1 aliphatic carbocycles. The van der Waals surface area contributed by atoms with Gasteiger partial charge in [-0.3, -0.25) is 4.90 Å². The zero-order valence-corrected chi connectivity index (χ0v) is 10.7. The predicted octanol–water partition coefficient (Wildman–Crippen LogP) is 1.47.